The fourth-order valence-corrected chi connectivity index (χ4v) is 2.38. The summed E-state index contributed by atoms with van der Waals surface area (Å²) >= 11 is 1.29. The number of nitrogens with zero attached hydrogens (tertiary/aromatic N) is 1. The highest BCUT2D eigenvalue weighted by molar-refractivity contribution is 7.13. The van der Waals surface area contributed by atoms with Crippen molar-refractivity contribution in [3.63, 3.8) is 0 Å². The van der Waals surface area contributed by atoms with Crippen LogP contribution in [0.15, 0.2) is 23.6 Å². The molecule has 0 aliphatic carbocycles. The standard InChI is InChI=1S/C12H12FNO3S/c1-16-12(17-2)10-6-18-11(14-10)8-4-3-7(15)5-9(8)13/h3-6,12,15H,1-2H3. The van der Waals surface area contributed by atoms with Crippen molar-refractivity contribution >= 4 is 11.3 Å². The summed E-state index contributed by atoms with van der Waals surface area (Å²) in [7, 11) is 3.02. The summed E-state index contributed by atoms with van der Waals surface area (Å²) in [5, 5.41) is 11.4. The minimum Gasteiger partial charge on any atom is -0.508 e. The van der Waals surface area contributed by atoms with Gasteiger partial charge in [-0.2, -0.15) is 0 Å². The molecule has 1 heterocycles. The van der Waals surface area contributed by atoms with E-state index in [2.05, 4.69) is 4.98 Å². The van der Waals surface area contributed by atoms with Gasteiger partial charge in [-0.3, -0.25) is 0 Å². The Morgan fingerprint density at radius 2 is 2.06 bits per heavy atom. The van der Waals surface area contributed by atoms with Crippen LogP contribution in [-0.2, 0) is 9.47 Å². The number of hydrogen-bond acceptors (Lipinski definition) is 5. The van der Waals surface area contributed by atoms with Gasteiger partial charge in [0, 0.05) is 31.2 Å². The van der Waals surface area contributed by atoms with Gasteiger partial charge in [-0.05, 0) is 12.1 Å². The largest absolute Gasteiger partial charge is 0.508 e. The summed E-state index contributed by atoms with van der Waals surface area (Å²) in [6.45, 7) is 0. The van der Waals surface area contributed by atoms with E-state index in [1.54, 1.807) is 5.38 Å². The van der Waals surface area contributed by atoms with Crippen molar-refractivity contribution < 1.29 is 19.0 Å². The Hall–Kier alpha value is -1.50. The molecule has 0 unspecified atom stereocenters. The number of aromatic hydroxyl groups is 1. The molecular formula is C12H12FNO3S. The second-order valence-corrected chi connectivity index (χ2v) is 4.40. The molecule has 0 aliphatic heterocycles. The number of halogens is 1. The minimum atomic E-state index is -0.560. The number of rotatable bonds is 4. The number of phenols is 1. The molecule has 96 valence electrons. The SMILES string of the molecule is COC(OC)c1csc(-c2ccc(O)cc2F)n1. The van der Waals surface area contributed by atoms with Crippen molar-refractivity contribution in [2.45, 2.75) is 6.29 Å². The van der Waals surface area contributed by atoms with Crippen LogP contribution in [0.25, 0.3) is 10.6 Å². The van der Waals surface area contributed by atoms with Crippen LogP contribution in [0.5, 0.6) is 5.75 Å². The number of hydrogen-bond donors (Lipinski definition) is 1. The predicted octanol–water partition coefficient (Wildman–Crippen LogP) is 2.95. The summed E-state index contributed by atoms with van der Waals surface area (Å²) in [4.78, 5) is 4.26. The van der Waals surface area contributed by atoms with E-state index in [1.807, 2.05) is 0 Å². The van der Waals surface area contributed by atoms with Crippen molar-refractivity contribution in [2.24, 2.45) is 0 Å². The molecule has 0 bridgehead atoms. The average molecular weight is 269 g/mol. The predicted molar refractivity (Wildman–Crippen MR) is 65.9 cm³/mol. The van der Waals surface area contributed by atoms with Crippen molar-refractivity contribution in [1.82, 2.24) is 4.98 Å². The molecule has 0 atom stereocenters. The van der Waals surface area contributed by atoms with Crippen molar-refractivity contribution in [3.05, 3.63) is 35.1 Å². The summed E-state index contributed by atoms with van der Waals surface area (Å²) in [6, 6.07) is 3.96. The molecular weight excluding hydrogens is 257 g/mol. The number of benzene rings is 1. The van der Waals surface area contributed by atoms with Gasteiger partial charge < -0.3 is 14.6 Å². The van der Waals surface area contributed by atoms with Crippen LogP contribution in [0, 0.1) is 5.82 Å². The summed E-state index contributed by atoms with van der Waals surface area (Å²) in [6.07, 6.45) is -0.560. The van der Waals surface area contributed by atoms with E-state index in [1.165, 1.54) is 37.7 Å². The van der Waals surface area contributed by atoms with Crippen LogP contribution in [0.1, 0.15) is 12.0 Å². The first kappa shape index (κ1) is 12.9. The Morgan fingerprint density at radius 3 is 2.67 bits per heavy atom. The lowest BCUT2D eigenvalue weighted by Gasteiger charge is -2.09. The first-order chi connectivity index (χ1) is 8.65. The Morgan fingerprint density at radius 1 is 1.33 bits per heavy atom. The van der Waals surface area contributed by atoms with Crippen LogP contribution in [0.4, 0.5) is 4.39 Å². The molecule has 1 aromatic heterocycles. The lowest BCUT2D eigenvalue weighted by molar-refractivity contribution is -0.108. The van der Waals surface area contributed by atoms with Gasteiger partial charge in [0.1, 0.15) is 22.3 Å². The van der Waals surface area contributed by atoms with Gasteiger partial charge in [-0.15, -0.1) is 11.3 Å². The van der Waals surface area contributed by atoms with Gasteiger partial charge in [-0.1, -0.05) is 0 Å². The van der Waals surface area contributed by atoms with Gasteiger partial charge in [-0.25, -0.2) is 9.37 Å². The van der Waals surface area contributed by atoms with Gasteiger partial charge >= 0.3 is 0 Å². The monoisotopic (exact) mass is 269 g/mol. The molecule has 0 saturated carbocycles. The smallest absolute Gasteiger partial charge is 0.201 e. The number of aromatic nitrogens is 1. The highest BCUT2D eigenvalue weighted by atomic mass is 32.1. The van der Waals surface area contributed by atoms with Crippen molar-refractivity contribution in [2.75, 3.05) is 14.2 Å². The third-order valence-electron chi connectivity index (χ3n) is 2.37. The van der Waals surface area contributed by atoms with E-state index < -0.39 is 12.1 Å². The highest BCUT2D eigenvalue weighted by Gasteiger charge is 2.16. The average Bonchev–Trinajstić information content (AvgIpc) is 2.80. The molecule has 0 fully saturated rings. The number of thiazole rings is 1. The Balaban J connectivity index is 2.34. The first-order valence-corrected chi connectivity index (χ1v) is 6.03. The molecule has 0 spiro atoms. The molecule has 6 heteroatoms. The molecule has 1 N–H and O–H groups in total. The number of phenolic OH excluding ortho intramolecular Hbond substituents is 1. The van der Waals surface area contributed by atoms with E-state index in [0.29, 0.717) is 16.3 Å². The van der Waals surface area contributed by atoms with E-state index in [0.717, 1.165) is 6.07 Å². The van der Waals surface area contributed by atoms with E-state index >= 15 is 0 Å². The number of ether oxygens (including phenoxy) is 2. The summed E-state index contributed by atoms with van der Waals surface area (Å²) in [5.41, 5.74) is 0.933. The van der Waals surface area contributed by atoms with Crippen molar-refractivity contribution in [1.29, 1.82) is 0 Å². The molecule has 0 amide bonds. The van der Waals surface area contributed by atoms with Crippen LogP contribution < -0.4 is 0 Å². The molecule has 1 aromatic carbocycles. The zero-order valence-electron chi connectivity index (χ0n) is 9.88. The van der Waals surface area contributed by atoms with E-state index in [-0.39, 0.29) is 5.75 Å². The third-order valence-corrected chi connectivity index (χ3v) is 3.27. The maximum Gasteiger partial charge on any atom is 0.201 e. The molecule has 0 aliphatic rings. The summed E-state index contributed by atoms with van der Waals surface area (Å²) < 4.78 is 23.8. The van der Waals surface area contributed by atoms with E-state index in [9.17, 15) is 4.39 Å². The number of methoxy groups -OCH3 is 2. The van der Waals surface area contributed by atoms with Crippen molar-refractivity contribution in [3.8, 4) is 16.3 Å². The fourth-order valence-electron chi connectivity index (χ4n) is 1.53. The molecule has 4 nitrogen and oxygen atoms in total. The molecule has 0 saturated heterocycles. The molecule has 2 rings (SSSR count). The minimum absolute atomic E-state index is 0.111. The summed E-state index contributed by atoms with van der Waals surface area (Å²) in [5.74, 6) is -0.623. The zero-order valence-corrected chi connectivity index (χ0v) is 10.7. The van der Waals surface area contributed by atoms with Crippen LogP contribution >= 0.6 is 11.3 Å². The first-order valence-electron chi connectivity index (χ1n) is 5.15. The Bertz CT molecular complexity index is 540. The van der Waals surface area contributed by atoms with Crippen LogP contribution in [-0.4, -0.2) is 24.3 Å². The van der Waals surface area contributed by atoms with Gasteiger partial charge in [0.05, 0.1) is 0 Å². The van der Waals surface area contributed by atoms with Crippen LogP contribution in [0.2, 0.25) is 0 Å². The second kappa shape index (κ2) is 5.43. The highest BCUT2D eigenvalue weighted by Crippen LogP contribution is 2.30. The van der Waals surface area contributed by atoms with Gasteiger partial charge in [0.2, 0.25) is 6.29 Å². The molecule has 18 heavy (non-hydrogen) atoms. The quantitative estimate of drug-likeness (QED) is 0.867. The Labute approximate surface area is 108 Å². The van der Waals surface area contributed by atoms with Gasteiger partial charge in [0.15, 0.2) is 0 Å². The second-order valence-electron chi connectivity index (χ2n) is 3.55. The zero-order chi connectivity index (χ0) is 13.1. The molecule has 2 aromatic rings. The lowest BCUT2D eigenvalue weighted by Crippen LogP contribution is -2.03. The maximum atomic E-state index is 13.7. The maximum absolute atomic E-state index is 13.7. The van der Waals surface area contributed by atoms with Gasteiger partial charge in [0.25, 0.3) is 0 Å². The Kier molecular flexibility index (Phi) is 3.90. The fraction of sp³-hybridized carbons (Fsp3) is 0.250. The molecule has 0 radical (unpaired) electrons. The normalized spacial score (nSPS) is 11.1. The van der Waals surface area contributed by atoms with Crippen LogP contribution in [0.3, 0.4) is 0 Å². The lowest BCUT2D eigenvalue weighted by atomic mass is 10.2. The third kappa shape index (κ3) is 2.50. The van der Waals surface area contributed by atoms with E-state index in [4.69, 9.17) is 14.6 Å². The topological polar surface area (TPSA) is 51.6 Å².